The normalized spacial score (nSPS) is 10.2. The molecule has 0 fully saturated rings. The number of amides is 1. The highest BCUT2D eigenvalue weighted by molar-refractivity contribution is 5.94. The van der Waals surface area contributed by atoms with E-state index in [2.05, 4.69) is 11.4 Å². The average Bonchev–Trinajstić information content (AvgIpc) is 2.61. The topological polar surface area (TPSA) is 79.2 Å². The molecule has 0 radical (unpaired) electrons. The van der Waals surface area contributed by atoms with Crippen LogP contribution in [0.15, 0.2) is 54.6 Å². The molecule has 0 saturated heterocycles. The number of carbonyl (C=O) groups is 2. The van der Waals surface area contributed by atoms with Crippen LogP contribution in [0.2, 0.25) is 0 Å². The third-order valence-electron chi connectivity index (χ3n) is 3.36. The lowest BCUT2D eigenvalue weighted by Crippen LogP contribution is -2.20. The molecule has 2 aromatic carbocycles. The number of hydrogen-bond donors (Lipinski definition) is 1. The summed E-state index contributed by atoms with van der Waals surface area (Å²) in [6, 6.07) is 16.6. The fraction of sp³-hybridized carbons (Fsp3) is 0.150. The number of rotatable bonds is 6. The summed E-state index contributed by atoms with van der Waals surface area (Å²) in [6.07, 6.45) is 3.24. The summed E-state index contributed by atoms with van der Waals surface area (Å²) in [4.78, 5) is 23.4. The van der Waals surface area contributed by atoms with E-state index in [9.17, 15) is 9.59 Å². The van der Waals surface area contributed by atoms with Crippen LogP contribution >= 0.6 is 0 Å². The van der Waals surface area contributed by atoms with Gasteiger partial charge in [0.1, 0.15) is 0 Å². The van der Waals surface area contributed by atoms with E-state index in [1.165, 1.54) is 6.08 Å². The smallest absolute Gasteiger partial charge is 0.331 e. The van der Waals surface area contributed by atoms with Crippen LogP contribution in [-0.2, 0) is 20.7 Å². The Balaban J connectivity index is 1.78. The number of aryl methyl sites for hydroxylation is 1. The molecule has 0 aliphatic carbocycles. The molecule has 0 aliphatic rings. The molecule has 0 saturated carbocycles. The summed E-state index contributed by atoms with van der Waals surface area (Å²) < 4.78 is 4.90. The minimum absolute atomic E-state index is 0.319. The fourth-order valence-corrected chi connectivity index (χ4v) is 2.02. The van der Waals surface area contributed by atoms with Crippen molar-refractivity contribution in [3.63, 3.8) is 0 Å². The Morgan fingerprint density at radius 3 is 2.44 bits per heavy atom. The zero-order chi connectivity index (χ0) is 18.1. The largest absolute Gasteiger partial charge is 0.452 e. The van der Waals surface area contributed by atoms with Gasteiger partial charge in [0.2, 0.25) is 0 Å². The molecule has 2 aromatic rings. The SMILES string of the molecule is Cc1ccc(/C=C/C(=O)OCC(=O)Nc2ccc(CC#N)cc2)cc1. The summed E-state index contributed by atoms with van der Waals surface area (Å²) in [5.74, 6) is -1.01. The lowest BCUT2D eigenvalue weighted by atomic mass is 10.1. The van der Waals surface area contributed by atoms with Gasteiger partial charge in [0, 0.05) is 11.8 Å². The highest BCUT2D eigenvalue weighted by Crippen LogP contribution is 2.10. The van der Waals surface area contributed by atoms with Gasteiger partial charge in [-0.1, -0.05) is 42.0 Å². The Morgan fingerprint density at radius 2 is 1.80 bits per heavy atom. The molecule has 0 aromatic heterocycles. The molecule has 25 heavy (non-hydrogen) atoms. The van der Waals surface area contributed by atoms with Crippen molar-refractivity contribution in [1.29, 1.82) is 5.26 Å². The van der Waals surface area contributed by atoms with Crippen molar-refractivity contribution in [1.82, 2.24) is 0 Å². The standard InChI is InChI=1S/C20H18N2O3/c1-15-2-4-16(5-3-15)8-11-20(24)25-14-19(23)22-18-9-6-17(7-10-18)12-13-21/h2-11H,12,14H2,1H3,(H,22,23)/b11-8+. The van der Waals surface area contributed by atoms with Crippen molar-refractivity contribution in [3.8, 4) is 6.07 Å². The number of nitrogens with one attached hydrogen (secondary N) is 1. The molecule has 0 spiro atoms. The van der Waals surface area contributed by atoms with Crippen LogP contribution in [-0.4, -0.2) is 18.5 Å². The number of hydrogen-bond acceptors (Lipinski definition) is 4. The third kappa shape index (κ3) is 6.32. The lowest BCUT2D eigenvalue weighted by Gasteiger charge is -2.06. The van der Waals surface area contributed by atoms with Crippen LogP contribution in [0.3, 0.4) is 0 Å². The molecule has 0 heterocycles. The Labute approximate surface area is 146 Å². The zero-order valence-corrected chi connectivity index (χ0v) is 13.9. The van der Waals surface area contributed by atoms with Gasteiger partial charge < -0.3 is 10.1 Å². The summed E-state index contributed by atoms with van der Waals surface area (Å²) >= 11 is 0. The minimum atomic E-state index is -0.583. The summed E-state index contributed by atoms with van der Waals surface area (Å²) in [6.45, 7) is 1.62. The van der Waals surface area contributed by atoms with Gasteiger partial charge in [0.25, 0.3) is 5.91 Å². The van der Waals surface area contributed by atoms with Crippen molar-refractivity contribution < 1.29 is 14.3 Å². The predicted molar refractivity (Wildman–Crippen MR) is 95.6 cm³/mol. The maximum atomic E-state index is 11.8. The van der Waals surface area contributed by atoms with E-state index in [0.717, 1.165) is 16.7 Å². The minimum Gasteiger partial charge on any atom is -0.452 e. The van der Waals surface area contributed by atoms with Crippen LogP contribution < -0.4 is 5.32 Å². The number of ether oxygens (including phenoxy) is 1. The first-order valence-corrected chi connectivity index (χ1v) is 7.74. The first kappa shape index (κ1) is 18.0. The van der Waals surface area contributed by atoms with E-state index in [0.29, 0.717) is 12.1 Å². The molecule has 1 N–H and O–H groups in total. The number of esters is 1. The van der Waals surface area contributed by atoms with E-state index in [1.807, 2.05) is 31.2 Å². The second-order valence-electron chi connectivity index (χ2n) is 5.43. The predicted octanol–water partition coefficient (Wildman–Crippen LogP) is 3.26. The zero-order valence-electron chi connectivity index (χ0n) is 13.9. The number of benzene rings is 2. The second-order valence-corrected chi connectivity index (χ2v) is 5.43. The molecular weight excluding hydrogens is 316 g/mol. The van der Waals surface area contributed by atoms with Gasteiger partial charge in [0.05, 0.1) is 12.5 Å². The van der Waals surface area contributed by atoms with Crippen LogP contribution in [0.1, 0.15) is 16.7 Å². The first-order valence-electron chi connectivity index (χ1n) is 7.74. The highest BCUT2D eigenvalue weighted by atomic mass is 16.5. The van der Waals surface area contributed by atoms with Crippen molar-refractivity contribution in [2.45, 2.75) is 13.3 Å². The van der Waals surface area contributed by atoms with Crippen molar-refractivity contribution >= 4 is 23.6 Å². The number of nitrogens with zero attached hydrogens (tertiary/aromatic N) is 1. The maximum absolute atomic E-state index is 11.8. The molecule has 0 unspecified atom stereocenters. The van der Waals surface area contributed by atoms with E-state index in [4.69, 9.17) is 10.00 Å². The molecule has 0 aliphatic heterocycles. The molecule has 126 valence electrons. The molecule has 0 bridgehead atoms. The fourth-order valence-electron chi connectivity index (χ4n) is 2.02. The van der Waals surface area contributed by atoms with E-state index in [1.54, 1.807) is 30.3 Å². The third-order valence-corrected chi connectivity index (χ3v) is 3.36. The average molecular weight is 334 g/mol. The van der Waals surface area contributed by atoms with Gasteiger partial charge in [-0.05, 0) is 36.3 Å². The molecule has 5 heteroatoms. The molecule has 1 amide bonds. The maximum Gasteiger partial charge on any atom is 0.331 e. The molecular formula is C20H18N2O3. The monoisotopic (exact) mass is 334 g/mol. The Hall–Kier alpha value is -3.39. The van der Waals surface area contributed by atoms with Crippen molar-refractivity contribution in [2.75, 3.05) is 11.9 Å². The second kappa shape index (κ2) is 9.04. The van der Waals surface area contributed by atoms with Gasteiger partial charge >= 0.3 is 5.97 Å². The van der Waals surface area contributed by atoms with Gasteiger partial charge in [-0.25, -0.2) is 4.79 Å². The number of anilines is 1. The first-order chi connectivity index (χ1) is 12.1. The van der Waals surface area contributed by atoms with E-state index >= 15 is 0 Å². The number of carbonyl (C=O) groups excluding carboxylic acids is 2. The highest BCUT2D eigenvalue weighted by Gasteiger charge is 2.05. The van der Waals surface area contributed by atoms with E-state index in [-0.39, 0.29) is 6.61 Å². The molecule has 0 atom stereocenters. The molecule has 5 nitrogen and oxygen atoms in total. The summed E-state index contributed by atoms with van der Waals surface area (Å²) in [5.41, 5.74) is 3.47. The summed E-state index contributed by atoms with van der Waals surface area (Å²) in [5, 5.41) is 11.2. The Kier molecular flexibility index (Phi) is 6.49. The van der Waals surface area contributed by atoms with Gasteiger partial charge in [0.15, 0.2) is 6.61 Å². The number of nitriles is 1. The van der Waals surface area contributed by atoms with Crippen LogP contribution in [0.25, 0.3) is 6.08 Å². The lowest BCUT2D eigenvalue weighted by molar-refractivity contribution is -0.142. The van der Waals surface area contributed by atoms with Crippen molar-refractivity contribution in [3.05, 3.63) is 71.3 Å². The van der Waals surface area contributed by atoms with Gasteiger partial charge in [-0.15, -0.1) is 0 Å². The quantitative estimate of drug-likeness (QED) is 0.649. The van der Waals surface area contributed by atoms with Gasteiger partial charge in [-0.3, -0.25) is 4.79 Å². The van der Waals surface area contributed by atoms with Gasteiger partial charge in [-0.2, -0.15) is 5.26 Å². The Bertz CT molecular complexity index is 800. The van der Waals surface area contributed by atoms with Crippen LogP contribution in [0.5, 0.6) is 0 Å². The van der Waals surface area contributed by atoms with Crippen molar-refractivity contribution in [2.24, 2.45) is 0 Å². The Morgan fingerprint density at radius 1 is 1.12 bits per heavy atom. The van der Waals surface area contributed by atoms with Crippen LogP contribution in [0, 0.1) is 18.3 Å². The molecule has 2 rings (SSSR count). The van der Waals surface area contributed by atoms with E-state index < -0.39 is 11.9 Å². The van der Waals surface area contributed by atoms with Crippen LogP contribution in [0.4, 0.5) is 5.69 Å². The summed E-state index contributed by atoms with van der Waals surface area (Å²) in [7, 11) is 0.